The molecule has 1 aromatic carbocycles. The third-order valence-corrected chi connectivity index (χ3v) is 3.68. The van der Waals surface area contributed by atoms with Crippen LogP contribution in [0.3, 0.4) is 0 Å². The van der Waals surface area contributed by atoms with Gasteiger partial charge >= 0.3 is 6.03 Å². The topological polar surface area (TPSA) is 65.0 Å². The van der Waals surface area contributed by atoms with Crippen LogP contribution in [0.4, 0.5) is 10.5 Å². The highest BCUT2D eigenvalue weighted by atomic mass is 16.2. The summed E-state index contributed by atoms with van der Waals surface area (Å²) >= 11 is 0. The van der Waals surface area contributed by atoms with E-state index in [0.29, 0.717) is 6.42 Å². The largest absolute Gasteiger partial charge is 0.378 e. The number of anilines is 1. The van der Waals surface area contributed by atoms with E-state index < -0.39 is 11.6 Å². The van der Waals surface area contributed by atoms with E-state index in [-0.39, 0.29) is 5.91 Å². The zero-order valence-electron chi connectivity index (χ0n) is 12.8. The molecule has 0 aromatic heterocycles. The summed E-state index contributed by atoms with van der Waals surface area (Å²) in [6.45, 7) is 3.56. The van der Waals surface area contributed by atoms with Crippen molar-refractivity contribution in [1.29, 1.82) is 0 Å². The molecule has 0 bridgehead atoms. The molecule has 1 aromatic rings. The van der Waals surface area contributed by atoms with Gasteiger partial charge in [-0.05, 0) is 31.0 Å². The van der Waals surface area contributed by atoms with Crippen LogP contribution in [-0.4, -0.2) is 42.8 Å². The predicted octanol–water partition coefficient (Wildman–Crippen LogP) is 1.81. The lowest BCUT2D eigenvalue weighted by Gasteiger charge is -2.17. The number of carbonyl (C=O) groups excluding carboxylic acids is 2. The highest BCUT2D eigenvalue weighted by Crippen LogP contribution is 2.21. The van der Waals surface area contributed by atoms with E-state index in [9.17, 15) is 9.59 Å². The van der Waals surface area contributed by atoms with E-state index in [1.165, 1.54) is 6.21 Å². The number of rotatable bonds is 4. The van der Waals surface area contributed by atoms with Crippen LogP contribution in [0.2, 0.25) is 0 Å². The minimum Gasteiger partial charge on any atom is -0.378 e. The molecule has 6 nitrogen and oxygen atoms in total. The summed E-state index contributed by atoms with van der Waals surface area (Å²) in [5.74, 6) is -0.323. The van der Waals surface area contributed by atoms with Crippen LogP contribution in [0.25, 0.3) is 0 Å². The molecule has 112 valence electrons. The minimum absolute atomic E-state index is 0.323. The van der Waals surface area contributed by atoms with Gasteiger partial charge in [-0.25, -0.2) is 4.79 Å². The third kappa shape index (κ3) is 2.89. The molecule has 1 fully saturated rings. The van der Waals surface area contributed by atoms with Crippen LogP contribution < -0.4 is 10.2 Å². The third-order valence-electron chi connectivity index (χ3n) is 3.68. The Kier molecular flexibility index (Phi) is 3.97. The zero-order valence-corrected chi connectivity index (χ0v) is 12.8. The van der Waals surface area contributed by atoms with Gasteiger partial charge in [-0.2, -0.15) is 5.10 Å². The van der Waals surface area contributed by atoms with Gasteiger partial charge in [0.1, 0.15) is 5.54 Å². The van der Waals surface area contributed by atoms with Gasteiger partial charge in [0.25, 0.3) is 5.91 Å². The Balaban J connectivity index is 2.14. The van der Waals surface area contributed by atoms with Gasteiger partial charge in [-0.3, -0.25) is 4.79 Å². The molecule has 1 aliphatic heterocycles. The Bertz CT molecular complexity index is 580. The van der Waals surface area contributed by atoms with Crippen LogP contribution in [0.15, 0.2) is 29.4 Å². The fourth-order valence-corrected chi connectivity index (χ4v) is 2.00. The number of imide groups is 1. The van der Waals surface area contributed by atoms with Gasteiger partial charge < -0.3 is 10.2 Å². The van der Waals surface area contributed by atoms with Crippen molar-refractivity contribution >= 4 is 23.8 Å². The summed E-state index contributed by atoms with van der Waals surface area (Å²) in [7, 11) is 3.92. The van der Waals surface area contributed by atoms with E-state index in [2.05, 4.69) is 10.4 Å². The van der Waals surface area contributed by atoms with E-state index >= 15 is 0 Å². The van der Waals surface area contributed by atoms with E-state index in [1.54, 1.807) is 6.92 Å². The van der Waals surface area contributed by atoms with E-state index in [4.69, 9.17) is 0 Å². The smallest absolute Gasteiger partial charge is 0.346 e. The van der Waals surface area contributed by atoms with E-state index in [1.807, 2.05) is 50.2 Å². The zero-order chi connectivity index (χ0) is 15.6. The SMILES string of the molecule is CC[C@@]1(C)NC(=O)N(/N=C\c2ccc(N(C)C)cc2)C1=O. The summed E-state index contributed by atoms with van der Waals surface area (Å²) in [4.78, 5) is 25.9. The average molecular weight is 288 g/mol. The lowest BCUT2D eigenvalue weighted by atomic mass is 10.00. The number of hydrogen-bond donors (Lipinski definition) is 1. The molecule has 1 heterocycles. The van der Waals surface area contributed by atoms with Crippen molar-refractivity contribution in [2.75, 3.05) is 19.0 Å². The average Bonchev–Trinajstić information content (AvgIpc) is 2.68. The van der Waals surface area contributed by atoms with Crippen LogP contribution in [0.1, 0.15) is 25.8 Å². The van der Waals surface area contributed by atoms with E-state index in [0.717, 1.165) is 16.3 Å². The molecular weight excluding hydrogens is 268 g/mol. The Morgan fingerprint density at radius 1 is 1.29 bits per heavy atom. The van der Waals surface area contributed by atoms with Gasteiger partial charge in [-0.15, -0.1) is 5.01 Å². The summed E-state index contributed by atoms with van der Waals surface area (Å²) in [6, 6.07) is 7.19. The lowest BCUT2D eigenvalue weighted by Crippen LogP contribution is -2.42. The molecule has 1 N–H and O–H groups in total. The van der Waals surface area contributed by atoms with Gasteiger partial charge in [0.15, 0.2) is 0 Å². The second-order valence-electron chi connectivity index (χ2n) is 5.46. The lowest BCUT2D eigenvalue weighted by molar-refractivity contribution is -0.130. The van der Waals surface area contributed by atoms with Crippen molar-refractivity contribution in [1.82, 2.24) is 10.3 Å². The molecule has 1 atom stereocenters. The highest BCUT2D eigenvalue weighted by molar-refractivity contribution is 6.07. The standard InChI is InChI=1S/C15H20N4O2/c1-5-15(2)13(20)19(14(21)17-15)16-10-11-6-8-12(9-7-11)18(3)4/h6-10H,5H2,1-4H3,(H,17,21)/b16-10-/t15-/m1/s1. The first-order valence-corrected chi connectivity index (χ1v) is 6.85. The molecule has 0 saturated carbocycles. The van der Waals surface area contributed by atoms with Crippen molar-refractivity contribution in [3.05, 3.63) is 29.8 Å². The predicted molar refractivity (Wildman–Crippen MR) is 82.4 cm³/mol. The normalized spacial score (nSPS) is 22.0. The molecule has 6 heteroatoms. The van der Waals surface area contributed by atoms with Crippen LogP contribution >= 0.6 is 0 Å². The minimum atomic E-state index is -0.858. The number of hydrogen-bond acceptors (Lipinski definition) is 4. The van der Waals surface area contributed by atoms with Gasteiger partial charge in [0, 0.05) is 19.8 Å². The van der Waals surface area contributed by atoms with Crippen molar-refractivity contribution in [2.45, 2.75) is 25.8 Å². The number of benzene rings is 1. The first-order valence-electron chi connectivity index (χ1n) is 6.85. The molecule has 0 spiro atoms. The summed E-state index contributed by atoms with van der Waals surface area (Å²) in [5, 5.41) is 7.56. The maximum Gasteiger partial charge on any atom is 0.346 e. The highest BCUT2D eigenvalue weighted by Gasteiger charge is 2.46. The maximum absolute atomic E-state index is 12.2. The molecule has 0 aliphatic carbocycles. The number of nitrogens with zero attached hydrogens (tertiary/aromatic N) is 3. The second kappa shape index (κ2) is 5.55. The van der Waals surface area contributed by atoms with Crippen molar-refractivity contribution in [2.24, 2.45) is 5.10 Å². The van der Waals surface area contributed by atoms with Gasteiger partial charge in [0.2, 0.25) is 0 Å². The summed E-state index contributed by atoms with van der Waals surface area (Å²) < 4.78 is 0. The summed E-state index contributed by atoms with van der Waals surface area (Å²) in [5.41, 5.74) is 1.04. The fraction of sp³-hybridized carbons (Fsp3) is 0.400. The molecule has 1 aliphatic rings. The number of nitrogens with one attached hydrogen (secondary N) is 1. The Labute approximate surface area is 124 Å². The first kappa shape index (κ1) is 15.0. The molecular formula is C15H20N4O2. The second-order valence-corrected chi connectivity index (χ2v) is 5.46. The van der Waals surface area contributed by atoms with Gasteiger partial charge in [-0.1, -0.05) is 19.1 Å². The quantitative estimate of drug-likeness (QED) is 0.679. The molecule has 1 saturated heterocycles. The van der Waals surface area contributed by atoms with Crippen LogP contribution in [0, 0.1) is 0 Å². The Morgan fingerprint density at radius 3 is 2.38 bits per heavy atom. The fourth-order valence-electron chi connectivity index (χ4n) is 2.00. The number of hydrazone groups is 1. The number of carbonyl (C=O) groups is 2. The van der Waals surface area contributed by atoms with Crippen LogP contribution in [0.5, 0.6) is 0 Å². The monoisotopic (exact) mass is 288 g/mol. The number of urea groups is 1. The molecule has 0 radical (unpaired) electrons. The maximum atomic E-state index is 12.2. The summed E-state index contributed by atoms with van der Waals surface area (Å²) in [6.07, 6.45) is 2.04. The van der Waals surface area contributed by atoms with Crippen molar-refractivity contribution in [3.63, 3.8) is 0 Å². The van der Waals surface area contributed by atoms with Gasteiger partial charge in [0.05, 0.1) is 6.21 Å². The number of amides is 3. The first-order chi connectivity index (χ1) is 9.87. The molecule has 3 amide bonds. The molecule has 21 heavy (non-hydrogen) atoms. The molecule has 0 unspecified atom stereocenters. The van der Waals surface area contributed by atoms with Crippen molar-refractivity contribution in [3.8, 4) is 0 Å². The Hall–Kier alpha value is -2.37. The molecule has 2 rings (SSSR count). The van der Waals surface area contributed by atoms with Crippen LogP contribution in [-0.2, 0) is 4.79 Å². The Morgan fingerprint density at radius 2 is 1.90 bits per heavy atom. The van der Waals surface area contributed by atoms with Crippen molar-refractivity contribution < 1.29 is 9.59 Å².